The van der Waals surface area contributed by atoms with Crippen molar-refractivity contribution in [3.8, 4) is 0 Å². The molecule has 3 amide bonds. The number of carbonyl (C=O) groups excluding carboxylic acids is 2. The third-order valence-corrected chi connectivity index (χ3v) is 5.73. The molecule has 1 aromatic carbocycles. The Kier molecular flexibility index (Phi) is 3.41. The van der Waals surface area contributed by atoms with Gasteiger partial charge in [-0.05, 0) is 30.7 Å². The maximum absolute atomic E-state index is 12.4. The summed E-state index contributed by atoms with van der Waals surface area (Å²) in [5.41, 5.74) is 0.442. The third kappa shape index (κ3) is 2.63. The number of rotatable bonds is 2. The molecule has 0 N–H and O–H groups in total. The lowest BCUT2D eigenvalue weighted by Gasteiger charge is -2.22. The van der Waals surface area contributed by atoms with Crippen LogP contribution in [-0.4, -0.2) is 49.3 Å². The Morgan fingerprint density at radius 3 is 2.38 bits per heavy atom. The summed E-state index contributed by atoms with van der Waals surface area (Å²) >= 11 is 5.79. The minimum atomic E-state index is -3.10. The predicted molar refractivity (Wildman–Crippen MR) is 78.1 cm³/mol. The molecule has 2 aliphatic heterocycles. The quantitative estimate of drug-likeness (QED) is 0.767. The van der Waals surface area contributed by atoms with Crippen LogP contribution >= 0.6 is 11.6 Å². The molecule has 1 aromatic rings. The van der Waals surface area contributed by atoms with Crippen LogP contribution in [0.3, 0.4) is 0 Å². The molecule has 0 bridgehead atoms. The van der Waals surface area contributed by atoms with Crippen molar-refractivity contribution in [2.45, 2.75) is 12.5 Å². The van der Waals surface area contributed by atoms with Crippen molar-refractivity contribution in [3.05, 3.63) is 29.3 Å². The van der Waals surface area contributed by atoms with Gasteiger partial charge in [-0.2, -0.15) is 0 Å². The van der Waals surface area contributed by atoms with Crippen LogP contribution in [0.4, 0.5) is 10.5 Å². The van der Waals surface area contributed by atoms with Crippen molar-refractivity contribution in [1.82, 2.24) is 4.90 Å². The van der Waals surface area contributed by atoms with Gasteiger partial charge in [-0.3, -0.25) is 4.79 Å². The number of urea groups is 1. The van der Waals surface area contributed by atoms with Gasteiger partial charge in [-0.25, -0.2) is 18.1 Å². The smallest absolute Gasteiger partial charge is 0.311 e. The van der Waals surface area contributed by atoms with Gasteiger partial charge in [-0.15, -0.1) is 0 Å². The van der Waals surface area contributed by atoms with E-state index in [-0.39, 0.29) is 24.0 Å². The number of anilines is 1. The Bertz CT molecular complexity index is 701. The van der Waals surface area contributed by atoms with E-state index in [1.165, 1.54) is 4.90 Å². The zero-order valence-corrected chi connectivity index (χ0v) is 12.6. The van der Waals surface area contributed by atoms with E-state index in [0.29, 0.717) is 17.1 Å². The molecule has 21 heavy (non-hydrogen) atoms. The zero-order valence-electron chi connectivity index (χ0n) is 11.0. The molecule has 3 rings (SSSR count). The Balaban J connectivity index is 1.84. The first-order valence-corrected chi connectivity index (χ1v) is 8.67. The van der Waals surface area contributed by atoms with E-state index in [2.05, 4.69) is 0 Å². The number of halogens is 1. The highest BCUT2D eigenvalue weighted by Crippen LogP contribution is 2.27. The van der Waals surface area contributed by atoms with Crippen molar-refractivity contribution in [2.75, 3.05) is 23.0 Å². The van der Waals surface area contributed by atoms with Gasteiger partial charge in [0.2, 0.25) is 0 Å². The van der Waals surface area contributed by atoms with Gasteiger partial charge in [0.15, 0.2) is 9.84 Å². The summed E-state index contributed by atoms with van der Waals surface area (Å²) in [5, 5.41) is 0.511. The summed E-state index contributed by atoms with van der Waals surface area (Å²) in [6.45, 7) is -0.0817. The second-order valence-electron chi connectivity index (χ2n) is 5.17. The maximum atomic E-state index is 12.4. The van der Waals surface area contributed by atoms with E-state index >= 15 is 0 Å². The van der Waals surface area contributed by atoms with Crippen molar-refractivity contribution >= 4 is 39.1 Å². The molecule has 2 aliphatic rings. The highest BCUT2D eigenvalue weighted by Gasteiger charge is 2.44. The fourth-order valence-corrected chi connectivity index (χ4v) is 4.53. The summed E-state index contributed by atoms with van der Waals surface area (Å²) in [4.78, 5) is 26.9. The number of benzene rings is 1. The van der Waals surface area contributed by atoms with Gasteiger partial charge < -0.3 is 4.90 Å². The average molecular weight is 329 g/mol. The van der Waals surface area contributed by atoms with E-state index in [9.17, 15) is 18.0 Å². The number of carbonyl (C=O) groups is 2. The largest absolute Gasteiger partial charge is 0.332 e. The summed E-state index contributed by atoms with van der Waals surface area (Å²) in [5.74, 6) is -0.358. The zero-order chi connectivity index (χ0) is 15.2. The molecule has 0 spiro atoms. The van der Waals surface area contributed by atoms with Gasteiger partial charge >= 0.3 is 6.03 Å². The Morgan fingerprint density at radius 2 is 1.81 bits per heavy atom. The Labute approximate surface area is 127 Å². The standard InChI is InChI=1S/C13H13ClN2O4S/c14-9-1-3-10(4-2-9)16-12(17)7-15(13(16)18)11-5-6-21(19,20)8-11/h1-4,11H,5-8H2. The van der Waals surface area contributed by atoms with Crippen LogP contribution in [0, 0.1) is 0 Å². The highest BCUT2D eigenvalue weighted by atomic mass is 35.5. The second kappa shape index (κ2) is 4.99. The Morgan fingerprint density at radius 1 is 1.14 bits per heavy atom. The van der Waals surface area contributed by atoms with E-state index in [1.807, 2.05) is 0 Å². The lowest BCUT2D eigenvalue weighted by atomic mass is 10.2. The summed E-state index contributed by atoms with van der Waals surface area (Å²) in [6.07, 6.45) is 0.385. The molecule has 2 heterocycles. The monoisotopic (exact) mass is 328 g/mol. The van der Waals surface area contributed by atoms with Crippen molar-refractivity contribution < 1.29 is 18.0 Å². The molecule has 0 saturated carbocycles. The van der Waals surface area contributed by atoms with Crippen LogP contribution in [0.25, 0.3) is 0 Å². The van der Waals surface area contributed by atoms with Crippen LogP contribution in [0.1, 0.15) is 6.42 Å². The van der Waals surface area contributed by atoms with Gasteiger partial charge in [-0.1, -0.05) is 11.6 Å². The van der Waals surface area contributed by atoms with Gasteiger partial charge in [0.05, 0.1) is 17.2 Å². The minimum absolute atomic E-state index is 0.0661. The summed E-state index contributed by atoms with van der Waals surface area (Å²) < 4.78 is 23.0. The molecule has 0 aromatic heterocycles. The average Bonchev–Trinajstić information content (AvgIpc) is 2.91. The molecule has 6 nitrogen and oxygen atoms in total. The van der Waals surface area contributed by atoms with Crippen LogP contribution in [0.2, 0.25) is 5.02 Å². The van der Waals surface area contributed by atoms with E-state index in [1.54, 1.807) is 24.3 Å². The molecule has 2 saturated heterocycles. The first-order chi connectivity index (χ1) is 9.87. The fraction of sp³-hybridized carbons (Fsp3) is 0.385. The van der Waals surface area contributed by atoms with E-state index < -0.39 is 21.9 Å². The van der Waals surface area contributed by atoms with Crippen molar-refractivity contribution in [3.63, 3.8) is 0 Å². The number of hydrogen-bond donors (Lipinski definition) is 0. The van der Waals surface area contributed by atoms with E-state index in [4.69, 9.17) is 11.6 Å². The highest BCUT2D eigenvalue weighted by molar-refractivity contribution is 7.91. The molecule has 0 aliphatic carbocycles. The number of imide groups is 1. The van der Waals surface area contributed by atoms with Gasteiger partial charge in [0.25, 0.3) is 5.91 Å². The maximum Gasteiger partial charge on any atom is 0.332 e. The van der Waals surface area contributed by atoms with Crippen LogP contribution < -0.4 is 4.90 Å². The number of hydrogen-bond acceptors (Lipinski definition) is 4. The number of sulfone groups is 1. The van der Waals surface area contributed by atoms with Crippen LogP contribution in [0.5, 0.6) is 0 Å². The Hall–Kier alpha value is -1.60. The number of amides is 3. The third-order valence-electron chi connectivity index (χ3n) is 3.73. The molecule has 8 heteroatoms. The van der Waals surface area contributed by atoms with Crippen LogP contribution in [0.15, 0.2) is 24.3 Å². The second-order valence-corrected chi connectivity index (χ2v) is 7.84. The number of nitrogens with zero attached hydrogens (tertiary/aromatic N) is 2. The predicted octanol–water partition coefficient (Wildman–Crippen LogP) is 1.30. The summed E-state index contributed by atoms with van der Waals surface area (Å²) in [6, 6.07) is 5.49. The van der Waals surface area contributed by atoms with Gasteiger partial charge in [0, 0.05) is 11.1 Å². The fourth-order valence-electron chi connectivity index (χ4n) is 2.67. The van der Waals surface area contributed by atoms with Crippen molar-refractivity contribution in [2.24, 2.45) is 0 Å². The first kappa shape index (κ1) is 14.3. The molecule has 2 fully saturated rings. The lowest BCUT2D eigenvalue weighted by molar-refractivity contribution is -0.116. The molecule has 112 valence electrons. The first-order valence-electron chi connectivity index (χ1n) is 6.47. The van der Waals surface area contributed by atoms with Crippen molar-refractivity contribution in [1.29, 1.82) is 0 Å². The topological polar surface area (TPSA) is 74.8 Å². The van der Waals surface area contributed by atoms with E-state index in [0.717, 1.165) is 4.90 Å². The van der Waals surface area contributed by atoms with Gasteiger partial charge in [0.1, 0.15) is 6.54 Å². The molecule has 1 atom stereocenters. The lowest BCUT2D eigenvalue weighted by Crippen LogP contribution is -2.40. The normalized spacial score (nSPS) is 24.9. The summed E-state index contributed by atoms with van der Waals surface area (Å²) in [7, 11) is -3.10. The molecule has 1 unspecified atom stereocenters. The SMILES string of the molecule is O=C1CN(C2CCS(=O)(=O)C2)C(=O)N1c1ccc(Cl)cc1. The van der Waals surface area contributed by atoms with Crippen LogP contribution in [-0.2, 0) is 14.6 Å². The minimum Gasteiger partial charge on any atom is -0.311 e. The molecule has 0 radical (unpaired) electrons. The molecular weight excluding hydrogens is 316 g/mol. The molecular formula is C13H13ClN2O4S.